The number of hydrogen-bond acceptors (Lipinski definition) is 6. The molecule has 0 bridgehead atoms. The summed E-state index contributed by atoms with van der Waals surface area (Å²) < 4.78 is 5.04. The zero-order valence-corrected chi connectivity index (χ0v) is 12.3. The fraction of sp³-hybridized carbons (Fsp3) is 0.692. The second kappa shape index (κ2) is 7.37. The van der Waals surface area contributed by atoms with Crippen LogP contribution < -0.4 is 11.6 Å². The Bertz CT molecular complexity index is 393. The van der Waals surface area contributed by atoms with Gasteiger partial charge in [-0.1, -0.05) is 13.8 Å². The number of primary amides is 1. The van der Waals surface area contributed by atoms with Gasteiger partial charge in [-0.15, -0.1) is 0 Å². The van der Waals surface area contributed by atoms with Crippen molar-refractivity contribution in [2.75, 3.05) is 19.6 Å². The molecule has 1 aliphatic heterocycles. The fourth-order valence-corrected chi connectivity index (χ4v) is 2.44. The number of rotatable bonds is 6. The molecule has 0 saturated carbocycles. The van der Waals surface area contributed by atoms with Crippen LogP contribution >= 0.6 is 0 Å². The van der Waals surface area contributed by atoms with Crippen molar-refractivity contribution >= 4 is 11.9 Å². The highest BCUT2D eigenvalue weighted by molar-refractivity contribution is 5.91. The number of ether oxygens (including phenoxy) is 1. The van der Waals surface area contributed by atoms with E-state index in [4.69, 9.17) is 16.3 Å². The Morgan fingerprint density at radius 2 is 2.00 bits per heavy atom. The van der Waals surface area contributed by atoms with Crippen LogP contribution in [0.25, 0.3) is 0 Å². The molecule has 1 amide bonds. The van der Waals surface area contributed by atoms with Gasteiger partial charge in [0.2, 0.25) is 5.91 Å². The number of likely N-dealkylation sites (N-methyl/N-ethyl adjacent to an activating group) is 1. The zero-order valence-electron chi connectivity index (χ0n) is 12.3. The molecule has 0 aliphatic carbocycles. The van der Waals surface area contributed by atoms with E-state index < -0.39 is 17.9 Å². The summed E-state index contributed by atoms with van der Waals surface area (Å²) in [6.45, 7) is 7.90. The summed E-state index contributed by atoms with van der Waals surface area (Å²) in [4.78, 5) is 25.2. The number of hydrazine groups is 1. The summed E-state index contributed by atoms with van der Waals surface area (Å²) >= 11 is 0. The predicted octanol–water partition coefficient (Wildman–Crippen LogP) is -0.423. The van der Waals surface area contributed by atoms with Gasteiger partial charge in [-0.3, -0.25) is 15.5 Å². The lowest BCUT2D eigenvalue weighted by Gasteiger charge is -2.30. The average Bonchev–Trinajstić information content (AvgIpc) is 2.79. The molecule has 0 aromatic carbocycles. The smallest absolute Gasteiger partial charge is 0.331 e. The normalized spacial score (nSPS) is 24.1. The number of esters is 1. The third-order valence-corrected chi connectivity index (χ3v) is 3.67. The summed E-state index contributed by atoms with van der Waals surface area (Å²) in [5.74, 6) is 4.80. The molecule has 7 nitrogen and oxygen atoms in total. The summed E-state index contributed by atoms with van der Waals surface area (Å²) in [7, 11) is 0. The van der Waals surface area contributed by atoms with Gasteiger partial charge in [0.25, 0.3) is 0 Å². The van der Waals surface area contributed by atoms with E-state index in [0.29, 0.717) is 6.54 Å². The quantitative estimate of drug-likeness (QED) is 0.297. The van der Waals surface area contributed by atoms with E-state index in [-0.39, 0.29) is 11.6 Å². The minimum Gasteiger partial charge on any atom is -0.433 e. The molecule has 7 heteroatoms. The summed E-state index contributed by atoms with van der Waals surface area (Å²) in [6.07, 6.45) is 1.91. The molecule has 0 aromatic rings. The maximum atomic E-state index is 12.2. The van der Waals surface area contributed by atoms with E-state index in [9.17, 15) is 9.59 Å². The molecule has 0 aromatic heterocycles. The first-order chi connectivity index (χ1) is 9.42. The van der Waals surface area contributed by atoms with Gasteiger partial charge in [-0.25, -0.2) is 9.80 Å². The number of nitrogens with two attached hydrogens (primary N) is 2. The van der Waals surface area contributed by atoms with Crippen molar-refractivity contribution in [3.05, 3.63) is 11.8 Å². The second-order valence-electron chi connectivity index (χ2n) is 4.86. The molecule has 1 saturated heterocycles. The molecular weight excluding hydrogens is 260 g/mol. The van der Waals surface area contributed by atoms with E-state index in [0.717, 1.165) is 25.8 Å². The van der Waals surface area contributed by atoms with E-state index in [1.165, 1.54) is 11.9 Å². The van der Waals surface area contributed by atoms with Crippen LogP contribution in [0.2, 0.25) is 0 Å². The maximum absolute atomic E-state index is 12.2. The lowest BCUT2D eigenvalue weighted by Crippen LogP contribution is -2.52. The maximum Gasteiger partial charge on any atom is 0.331 e. The van der Waals surface area contributed by atoms with Crippen molar-refractivity contribution in [2.24, 2.45) is 11.6 Å². The van der Waals surface area contributed by atoms with Gasteiger partial charge in [0, 0.05) is 18.2 Å². The molecule has 114 valence electrons. The zero-order chi connectivity index (χ0) is 15.3. The van der Waals surface area contributed by atoms with E-state index in [1.54, 1.807) is 0 Å². The molecule has 2 atom stereocenters. The van der Waals surface area contributed by atoms with Crippen LogP contribution in [0.4, 0.5) is 0 Å². The minimum absolute atomic E-state index is 0.0322. The molecule has 1 heterocycles. The molecule has 0 radical (unpaired) electrons. The Hall–Kier alpha value is -1.44. The number of hydrogen-bond donors (Lipinski definition) is 2. The highest BCUT2D eigenvalue weighted by Crippen LogP contribution is 2.21. The van der Waals surface area contributed by atoms with E-state index in [1.807, 2.05) is 13.8 Å². The molecule has 1 rings (SSSR count). The Balaban J connectivity index is 2.77. The highest BCUT2D eigenvalue weighted by atomic mass is 16.5. The van der Waals surface area contributed by atoms with Gasteiger partial charge in [0.05, 0.1) is 0 Å². The third-order valence-electron chi connectivity index (χ3n) is 3.67. The van der Waals surface area contributed by atoms with Gasteiger partial charge in [0.1, 0.15) is 12.3 Å². The second-order valence-corrected chi connectivity index (χ2v) is 4.86. The van der Waals surface area contributed by atoms with E-state index in [2.05, 4.69) is 4.90 Å². The number of carbonyl (C=O) groups is 2. The molecular formula is C13H24N4O3. The van der Waals surface area contributed by atoms with Crippen LogP contribution in [0, 0.1) is 0 Å². The van der Waals surface area contributed by atoms with Crippen molar-refractivity contribution in [3.63, 3.8) is 0 Å². The predicted molar refractivity (Wildman–Crippen MR) is 75.1 cm³/mol. The van der Waals surface area contributed by atoms with Crippen molar-refractivity contribution in [1.29, 1.82) is 0 Å². The monoisotopic (exact) mass is 284 g/mol. The molecule has 20 heavy (non-hydrogen) atoms. The van der Waals surface area contributed by atoms with Crippen molar-refractivity contribution in [2.45, 2.75) is 39.3 Å². The van der Waals surface area contributed by atoms with Gasteiger partial charge in [-0.05, 0) is 26.4 Å². The SMILES string of the molecule is CCN(CC)C1CCN(N)C1C(=O)O/C=C(\C)C(N)=O. The first kappa shape index (κ1) is 16.6. The standard InChI is InChI=1S/C13H24N4O3/c1-4-16(5-2)10-6-7-17(15)11(10)13(19)20-8-9(3)12(14)18/h8,10-11H,4-7,15H2,1-3H3,(H2,14,18)/b9-8+. The molecule has 2 unspecified atom stereocenters. The van der Waals surface area contributed by atoms with Crippen LogP contribution in [0.15, 0.2) is 11.8 Å². The first-order valence-corrected chi connectivity index (χ1v) is 6.84. The Labute approximate surface area is 119 Å². The van der Waals surface area contributed by atoms with Crippen LogP contribution in [-0.2, 0) is 14.3 Å². The summed E-state index contributed by atoms with van der Waals surface area (Å²) in [6, 6.07) is -0.489. The largest absolute Gasteiger partial charge is 0.433 e. The van der Waals surface area contributed by atoms with Crippen LogP contribution in [0.3, 0.4) is 0 Å². The molecule has 0 spiro atoms. The lowest BCUT2D eigenvalue weighted by molar-refractivity contribution is -0.145. The van der Waals surface area contributed by atoms with Crippen molar-refractivity contribution in [3.8, 4) is 0 Å². The highest BCUT2D eigenvalue weighted by Gasteiger charge is 2.41. The molecule has 4 N–H and O–H groups in total. The Morgan fingerprint density at radius 1 is 1.40 bits per heavy atom. The lowest BCUT2D eigenvalue weighted by atomic mass is 10.1. The van der Waals surface area contributed by atoms with E-state index >= 15 is 0 Å². The van der Waals surface area contributed by atoms with Gasteiger partial charge in [0.15, 0.2) is 0 Å². The summed E-state index contributed by atoms with van der Waals surface area (Å²) in [5, 5.41) is 1.50. The van der Waals surface area contributed by atoms with Crippen LogP contribution in [0.5, 0.6) is 0 Å². The minimum atomic E-state index is -0.617. The van der Waals surface area contributed by atoms with Gasteiger partial charge < -0.3 is 10.5 Å². The van der Waals surface area contributed by atoms with Gasteiger partial charge in [-0.2, -0.15) is 0 Å². The Morgan fingerprint density at radius 3 is 2.50 bits per heavy atom. The third kappa shape index (κ3) is 3.78. The fourth-order valence-electron chi connectivity index (χ4n) is 2.44. The van der Waals surface area contributed by atoms with Crippen molar-refractivity contribution in [1.82, 2.24) is 9.91 Å². The molecule has 1 aliphatic rings. The van der Waals surface area contributed by atoms with Gasteiger partial charge >= 0.3 is 5.97 Å². The number of nitrogens with zero attached hydrogens (tertiary/aromatic N) is 2. The number of amides is 1. The first-order valence-electron chi connectivity index (χ1n) is 6.84. The van der Waals surface area contributed by atoms with Crippen LogP contribution in [-0.4, -0.2) is 53.5 Å². The summed E-state index contributed by atoms with van der Waals surface area (Å²) in [5.41, 5.74) is 5.27. The topological polar surface area (TPSA) is 102 Å². The molecule has 1 fully saturated rings. The average molecular weight is 284 g/mol. The Kier molecular flexibility index (Phi) is 6.12. The van der Waals surface area contributed by atoms with Crippen LogP contribution in [0.1, 0.15) is 27.2 Å². The van der Waals surface area contributed by atoms with Crippen molar-refractivity contribution < 1.29 is 14.3 Å². The number of carbonyl (C=O) groups excluding carboxylic acids is 2.